The molecular formula is C28H30N4O5S. The molecule has 5 N–H and O–H groups in total. The molecule has 1 aliphatic rings. The molecule has 38 heavy (non-hydrogen) atoms. The van der Waals surface area contributed by atoms with E-state index < -0.39 is 11.8 Å². The third-order valence-electron chi connectivity index (χ3n) is 6.52. The number of rotatable bonds is 11. The van der Waals surface area contributed by atoms with E-state index in [9.17, 15) is 14.4 Å². The molecule has 0 radical (unpaired) electrons. The summed E-state index contributed by atoms with van der Waals surface area (Å²) in [7, 11) is 1.56. The zero-order chi connectivity index (χ0) is 27.1. The molecule has 0 unspecified atom stereocenters. The lowest BCUT2D eigenvalue weighted by Crippen LogP contribution is -2.39. The van der Waals surface area contributed by atoms with E-state index in [1.807, 2.05) is 30.3 Å². The van der Waals surface area contributed by atoms with Gasteiger partial charge in [-0.25, -0.2) is 0 Å². The third kappa shape index (κ3) is 6.84. The molecule has 0 saturated heterocycles. The fourth-order valence-electron chi connectivity index (χ4n) is 4.45. The molecular weight excluding hydrogens is 504 g/mol. The highest BCUT2D eigenvalue weighted by Crippen LogP contribution is 2.34. The highest BCUT2D eigenvalue weighted by molar-refractivity contribution is 7.10. The van der Waals surface area contributed by atoms with Crippen LogP contribution in [0.2, 0.25) is 0 Å². The Labute approximate surface area is 224 Å². The van der Waals surface area contributed by atoms with Gasteiger partial charge in [-0.15, -0.1) is 11.3 Å². The molecule has 3 aromatic rings. The maximum atomic E-state index is 13.1. The van der Waals surface area contributed by atoms with Crippen LogP contribution in [-0.4, -0.2) is 43.2 Å². The standard InChI is InChI=1S/C28H30N4O5S/c1-36-21-12-23(24(13-21)28(35)31-14-22-11-18(16-38-22)26(29)30)25(33)15-32-27(34)17-7-9-20(10-8-17)37-19-5-3-2-4-6-19/h2-11,16,21,23-24H,12-15H2,1H3,(H3,29,30)(H,31,35)(H,32,34)/t21-,23+,24-/m0/s1. The Hall–Kier alpha value is -4.02. The molecule has 1 saturated carbocycles. The number of para-hydroxylation sites is 1. The molecule has 1 heterocycles. The fraction of sp³-hybridized carbons (Fsp3) is 0.286. The number of nitrogen functional groups attached to an aromatic ring is 1. The number of ether oxygens (including phenoxy) is 2. The summed E-state index contributed by atoms with van der Waals surface area (Å²) >= 11 is 1.40. The van der Waals surface area contributed by atoms with Crippen molar-refractivity contribution in [3.63, 3.8) is 0 Å². The average Bonchev–Trinajstić information content (AvgIpc) is 3.59. The Morgan fingerprint density at radius 2 is 1.66 bits per heavy atom. The van der Waals surface area contributed by atoms with Gasteiger partial charge in [0.15, 0.2) is 5.78 Å². The van der Waals surface area contributed by atoms with Gasteiger partial charge in [0.2, 0.25) is 5.91 Å². The molecule has 198 valence electrons. The monoisotopic (exact) mass is 534 g/mol. The van der Waals surface area contributed by atoms with Crippen LogP contribution in [0, 0.1) is 17.2 Å². The Morgan fingerprint density at radius 1 is 0.974 bits per heavy atom. The van der Waals surface area contributed by atoms with E-state index in [2.05, 4.69) is 10.6 Å². The molecule has 2 amide bonds. The summed E-state index contributed by atoms with van der Waals surface area (Å²) in [5.74, 6) is -0.681. The van der Waals surface area contributed by atoms with Gasteiger partial charge in [-0.3, -0.25) is 19.8 Å². The summed E-state index contributed by atoms with van der Waals surface area (Å²) in [4.78, 5) is 39.5. The first-order valence-electron chi connectivity index (χ1n) is 12.2. The maximum Gasteiger partial charge on any atom is 0.251 e. The summed E-state index contributed by atoms with van der Waals surface area (Å²) in [6, 6.07) is 17.7. The molecule has 2 aromatic carbocycles. The van der Waals surface area contributed by atoms with Crippen molar-refractivity contribution in [2.75, 3.05) is 13.7 Å². The van der Waals surface area contributed by atoms with Crippen LogP contribution in [0.3, 0.4) is 0 Å². The Bertz CT molecular complexity index is 1290. The molecule has 9 nitrogen and oxygen atoms in total. The number of benzene rings is 2. The Kier molecular flexibility index (Phi) is 8.88. The van der Waals surface area contributed by atoms with Crippen molar-refractivity contribution < 1.29 is 23.9 Å². The van der Waals surface area contributed by atoms with Crippen LogP contribution in [-0.2, 0) is 20.9 Å². The topological polar surface area (TPSA) is 144 Å². The molecule has 4 rings (SSSR count). The van der Waals surface area contributed by atoms with Gasteiger partial charge in [-0.1, -0.05) is 18.2 Å². The molecule has 0 bridgehead atoms. The predicted molar refractivity (Wildman–Crippen MR) is 144 cm³/mol. The number of Topliss-reactive ketones (excluding diaryl/α,β-unsaturated/α-hetero) is 1. The van der Waals surface area contributed by atoms with E-state index in [0.29, 0.717) is 35.5 Å². The van der Waals surface area contributed by atoms with Gasteiger partial charge in [0, 0.05) is 34.4 Å². The normalized spacial score (nSPS) is 18.5. The number of carbonyl (C=O) groups is 3. The van der Waals surface area contributed by atoms with Crippen molar-refractivity contribution in [1.82, 2.24) is 10.6 Å². The number of carbonyl (C=O) groups excluding carboxylic acids is 3. The molecule has 0 aliphatic heterocycles. The summed E-state index contributed by atoms with van der Waals surface area (Å²) in [5, 5.41) is 14.8. The van der Waals surface area contributed by atoms with Crippen LogP contribution < -0.4 is 21.1 Å². The summed E-state index contributed by atoms with van der Waals surface area (Å²) in [6.45, 7) is 0.103. The summed E-state index contributed by atoms with van der Waals surface area (Å²) < 4.78 is 11.2. The van der Waals surface area contributed by atoms with E-state index in [1.165, 1.54) is 11.3 Å². The highest BCUT2D eigenvalue weighted by atomic mass is 32.1. The number of amidine groups is 1. The van der Waals surface area contributed by atoms with Crippen molar-refractivity contribution in [2.45, 2.75) is 25.5 Å². The molecule has 1 aromatic heterocycles. The molecule has 3 atom stereocenters. The fourth-order valence-corrected chi connectivity index (χ4v) is 5.27. The number of hydrogen-bond donors (Lipinski definition) is 4. The number of amides is 2. The number of methoxy groups -OCH3 is 1. The molecule has 0 spiro atoms. The Morgan fingerprint density at radius 3 is 2.32 bits per heavy atom. The zero-order valence-corrected chi connectivity index (χ0v) is 21.8. The minimum Gasteiger partial charge on any atom is -0.457 e. The van der Waals surface area contributed by atoms with E-state index in [0.717, 1.165) is 4.88 Å². The van der Waals surface area contributed by atoms with E-state index in [1.54, 1.807) is 42.8 Å². The number of nitrogens with two attached hydrogens (primary N) is 1. The highest BCUT2D eigenvalue weighted by Gasteiger charge is 2.42. The maximum absolute atomic E-state index is 13.1. The van der Waals surface area contributed by atoms with Gasteiger partial charge < -0.3 is 25.8 Å². The lowest BCUT2D eigenvalue weighted by Gasteiger charge is -2.18. The molecule has 10 heteroatoms. The van der Waals surface area contributed by atoms with Gasteiger partial charge in [-0.2, -0.15) is 0 Å². The van der Waals surface area contributed by atoms with E-state index >= 15 is 0 Å². The van der Waals surface area contributed by atoms with Crippen LogP contribution in [0.1, 0.15) is 33.6 Å². The van der Waals surface area contributed by atoms with Crippen LogP contribution in [0.5, 0.6) is 11.5 Å². The predicted octanol–water partition coefficient (Wildman–Crippen LogP) is 3.48. The number of hydrogen-bond acceptors (Lipinski definition) is 7. The lowest BCUT2D eigenvalue weighted by molar-refractivity contribution is -0.132. The first kappa shape index (κ1) is 27.0. The van der Waals surface area contributed by atoms with Crippen molar-refractivity contribution in [1.29, 1.82) is 5.41 Å². The average molecular weight is 535 g/mol. The van der Waals surface area contributed by atoms with E-state index in [4.69, 9.17) is 20.6 Å². The summed E-state index contributed by atoms with van der Waals surface area (Å²) in [6.07, 6.45) is 0.639. The first-order chi connectivity index (χ1) is 18.3. The lowest BCUT2D eigenvalue weighted by atomic mass is 9.91. The van der Waals surface area contributed by atoms with Gasteiger partial charge >= 0.3 is 0 Å². The van der Waals surface area contributed by atoms with Gasteiger partial charge in [0.25, 0.3) is 5.91 Å². The smallest absolute Gasteiger partial charge is 0.251 e. The SMILES string of the molecule is CO[C@@H]1C[C@H](C(=O)NCc2cc(C(=N)N)cs2)[C@H](C(=O)CNC(=O)c2ccc(Oc3ccccc3)cc2)C1. The van der Waals surface area contributed by atoms with Gasteiger partial charge in [0.05, 0.1) is 25.1 Å². The molecule has 1 aliphatic carbocycles. The van der Waals surface area contributed by atoms with Gasteiger partial charge in [0.1, 0.15) is 17.3 Å². The Balaban J connectivity index is 1.31. The second kappa shape index (κ2) is 12.5. The minimum atomic E-state index is -0.557. The number of ketones is 1. The number of nitrogens with one attached hydrogen (secondary N) is 3. The van der Waals surface area contributed by atoms with Crippen molar-refractivity contribution >= 4 is 34.8 Å². The first-order valence-corrected chi connectivity index (χ1v) is 13.1. The number of thiophene rings is 1. The van der Waals surface area contributed by atoms with Crippen LogP contribution in [0.15, 0.2) is 66.0 Å². The minimum absolute atomic E-state index is 0.0262. The van der Waals surface area contributed by atoms with Crippen LogP contribution >= 0.6 is 11.3 Å². The van der Waals surface area contributed by atoms with E-state index in [-0.39, 0.29) is 42.6 Å². The second-order valence-electron chi connectivity index (χ2n) is 9.06. The quantitative estimate of drug-likeness (QED) is 0.219. The summed E-state index contributed by atoms with van der Waals surface area (Å²) in [5.41, 5.74) is 6.51. The third-order valence-corrected chi connectivity index (χ3v) is 7.46. The zero-order valence-electron chi connectivity index (χ0n) is 20.9. The van der Waals surface area contributed by atoms with Crippen LogP contribution in [0.4, 0.5) is 0 Å². The largest absolute Gasteiger partial charge is 0.457 e. The van der Waals surface area contributed by atoms with Crippen molar-refractivity contribution in [3.05, 3.63) is 82.0 Å². The van der Waals surface area contributed by atoms with Crippen LogP contribution in [0.25, 0.3) is 0 Å². The molecule has 1 fully saturated rings. The van der Waals surface area contributed by atoms with Crippen molar-refractivity contribution in [3.8, 4) is 11.5 Å². The van der Waals surface area contributed by atoms with Crippen molar-refractivity contribution in [2.24, 2.45) is 17.6 Å². The second-order valence-corrected chi connectivity index (χ2v) is 10.1. The van der Waals surface area contributed by atoms with Gasteiger partial charge in [-0.05, 0) is 55.3 Å².